The Balaban J connectivity index is 4.23. The summed E-state index contributed by atoms with van der Waals surface area (Å²) in [6, 6.07) is 0. The van der Waals surface area contributed by atoms with Crippen molar-refractivity contribution < 1.29 is 4.39 Å². The molecule has 2 unspecified atom stereocenters. The molecule has 86 valence electrons. The maximum absolute atomic E-state index is 13.4. The maximum Gasteiger partial charge on any atom is 0.100 e. The largest absolute Gasteiger partial charge is 0.247 e. The van der Waals surface area contributed by atoms with Crippen LogP contribution < -0.4 is 0 Å². The third-order valence-electron chi connectivity index (χ3n) is 3.63. The van der Waals surface area contributed by atoms with Crippen molar-refractivity contribution in [1.82, 2.24) is 0 Å². The zero-order chi connectivity index (χ0) is 11.2. The highest BCUT2D eigenvalue weighted by molar-refractivity contribution is 4.80. The van der Waals surface area contributed by atoms with E-state index in [2.05, 4.69) is 27.7 Å². The molecule has 0 aromatic carbocycles. The first-order chi connectivity index (χ1) is 6.46. The number of hydrogen-bond donors (Lipinski definition) is 0. The SMILES string of the molecule is CCCCC(C)(CC(F)CC)C(C)C. The van der Waals surface area contributed by atoms with Gasteiger partial charge in [0.15, 0.2) is 0 Å². The summed E-state index contributed by atoms with van der Waals surface area (Å²) < 4.78 is 13.4. The van der Waals surface area contributed by atoms with Crippen LogP contribution in [-0.4, -0.2) is 6.17 Å². The van der Waals surface area contributed by atoms with Gasteiger partial charge in [0.2, 0.25) is 0 Å². The summed E-state index contributed by atoms with van der Waals surface area (Å²) in [5.74, 6) is 0.582. The fourth-order valence-corrected chi connectivity index (χ4v) is 1.86. The monoisotopic (exact) mass is 202 g/mol. The summed E-state index contributed by atoms with van der Waals surface area (Å²) in [6.07, 6.45) is 4.40. The number of rotatable bonds is 7. The molecule has 0 fully saturated rings. The quantitative estimate of drug-likeness (QED) is 0.546. The van der Waals surface area contributed by atoms with Crippen LogP contribution >= 0.6 is 0 Å². The summed E-state index contributed by atoms with van der Waals surface area (Å²) >= 11 is 0. The third-order valence-corrected chi connectivity index (χ3v) is 3.63. The standard InChI is InChI=1S/C13H27F/c1-6-8-9-13(5,11(3)4)10-12(14)7-2/h11-12H,6-10H2,1-5H3. The molecule has 0 aliphatic rings. The van der Waals surface area contributed by atoms with Crippen LogP contribution in [0.3, 0.4) is 0 Å². The van der Waals surface area contributed by atoms with E-state index in [1.165, 1.54) is 19.3 Å². The van der Waals surface area contributed by atoms with Crippen molar-refractivity contribution in [1.29, 1.82) is 0 Å². The predicted molar refractivity (Wildman–Crippen MR) is 62.3 cm³/mol. The lowest BCUT2D eigenvalue weighted by Gasteiger charge is -2.35. The number of halogens is 1. The Labute approximate surface area is 89.3 Å². The lowest BCUT2D eigenvalue weighted by Crippen LogP contribution is -2.27. The number of alkyl halides is 1. The second-order valence-electron chi connectivity index (χ2n) is 5.12. The van der Waals surface area contributed by atoms with Crippen molar-refractivity contribution in [3.05, 3.63) is 0 Å². The van der Waals surface area contributed by atoms with E-state index in [1.807, 2.05) is 6.92 Å². The fourth-order valence-electron chi connectivity index (χ4n) is 1.86. The van der Waals surface area contributed by atoms with E-state index in [9.17, 15) is 4.39 Å². The van der Waals surface area contributed by atoms with Gasteiger partial charge in [0.05, 0.1) is 0 Å². The van der Waals surface area contributed by atoms with Crippen LogP contribution in [0, 0.1) is 11.3 Å². The Morgan fingerprint density at radius 2 is 1.79 bits per heavy atom. The highest BCUT2D eigenvalue weighted by Crippen LogP contribution is 2.38. The molecule has 0 aromatic rings. The molecule has 0 N–H and O–H groups in total. The lowest BCUT2D eigenvalue weighted by molar-refractivity contribution is 0.119. The van der Waals surface area contributed by atoms with E-state index >= 15 is 0 Å². The molecule has 0 aliphatic heterocycles. The van der Waals surface area contributed by atoms with E-state index in [0.29, 0.717) is 12.3 Å². The number of unbranched alkanes of at least 4 members (excludes halogenated alkanes) is 1. The van der Waals surface area contributed by atoms with E-state index < -0.39 is 6.17 Å². The van der Waals surface area contributed by atoms with Gasteiger partial charge in [0.1, 0.15) is 6.17 Å². The molecule has 0 saturated carbocycles. The van der Waals surface area contributed by atoms with Gasteiger partial charge in [-0.2, -0.15) is 0 Å². The normalized spacial score (nSPS) is 18.2. The molecular formula is C13H27F. The Kier molecular flexibility index (Phi) is 6.39. The van der Waals surface area contributed by atoms with Gasteiger partial charge in [0, 0.05) is 0 Å². The summed E-state index contributed by atoms with van der Waals surface area (Å²) in [4.78, 5) is 0. The average molecular weight is 202 g/mol. The van der Waals surface area contributed by atoms with Crippen LogP contribution in [-0.2, 0) is 0 Å². The minimum Gasteiger partial charge on any atom is -0.247 e. The van der Waals surface area contributed by atoms with E-state index in [-0.39, 0.29) is 5.41 Å². The molecule has 0 bridgehead atoms. The summed E-state index contributed by atoms with van der Waals surface area (Å²) in [5.41, 5.74) is 0.200. The molecule has 0 aliphatic carbocycles. The minimum atomic E-state index is -0.612. The van der Waals surface area contributed by atoms with Crippen molar-refractivity contribution >= 4 is 0 Å². The summed E-state index contributed by atoms with van der Waals surface area (Å²) in [5, 5.41) is 0. The molecular weight excluding hydrogens is 175 g/mol. The van der Waals surface area contributed by atoms with Crippen molar-refractivity contribution in [2.45, 2.75) is 72.9 Å². The Bertz CT molecular complexity index is 142. The first-order valence-corrected chi connectivity index (χ1v) is 6.10. The first-order valence-electron chi connectivity index (χ1n) is 6.10. The van der Waals surface area contributed by atoms with Crippen LogP contribution in [0.15, 0.2) is 0 Å². The second kappa shape index (κ2) is 6.42. The highest BCUT2D eigenvalue weighted by atomic mass is 19.1. The van der Waals surface area contributed by atoms with Crippen molar-refractivity contribution in [2.24, 2.45) is 11.3 Å². The molecule has 0 heterocycles. The Hall–Kier alpha value is -0.0700. The minimum absolute atomic E-state index is 0.200. The molecule has 0 aromatic heterocycles. The average Bonchev–Trinajstić information content (AvgIpc) is 2.14. The number of hydrogen-bond acceptors (Lipinski definition) is 0. The van der Waals surface area contributed by atoms with Crippen LogP contribution in [0.25, 0.3) is 0 Å². The van der Waals surface area contributed by atoms with Crippen LogP contribution in [0.2, 0.25) is 0 Å². The Morgan fingerprint density at radius 1 is 1.21 bits per heavy atom. The molecule has 0 nitrogen and oxygen atoms in total. The molecule has 0 rings (SSSR count). The van der Waals surface area contributed by atoms with Crippen LogP contribution in [0.5, 0.6) is 0 Å². The summed E-state index contributed by atoms with van der Waals surface area (Å²) in [7, 11) is 0. The zero-order valence-electron chi connectivity index (χ0n) is 10.6. The highest BCUT2D eigenvalue weighted by Gasteiger charge is 2.30. The van der Waals surface area contributed by atoms with Gasteiger partial charge < -0.3 is 0 Å². The zero-order valence-corrected chi connectivity index (χ0v) is 10.6. The first kappa shape index (κ1) is 13.9. The van der Waals surface area contributed by atoms with Crippen molar-refractivity contribution in [3.8, 4) is 0 Å². The van der Waals surface area contributed by atoms with Crippen LogP contribution in [0.4, 0.5) is 4.39 Å². The van der Waals surface area contributed by atoms with Gasteiger partial charge in [-0.3, -0.25) is 0 Å². The molecule has 1 heteroatoms. The van der Waals surface area contributed by atoms with E-state index in [1.54, 1.807) is 0 Å². The predicted octanol–water partition coefficient (Wildman–Crippen LogP) is 4.98. The maximum atomic E-state index is 13.4. The van der Waals surface area contributed by atoms with Gasteiger partial charge in [-0.25, -0.2) is 4.39 Å². The van der Waals surface area contributed by atoms with Gasteiger partial charge in [-0.1, -0.05) is 47.5 Å². The second-order valence-corrected chi connectivity index (χ2v) is 5.12. The van der Waals surface area contributed by atoms with Crippen molar-refractivity contribution in [3.63, 3.8) is 0 Å². The van der Waals surface area contributed by atoms with Gasteiger partial charge in [-0.15, -0.1) is 0 Å². The molecule has 0 radical (unpaired) electrons. The Morgan fingerprint density at radius 3 is 2.14 bits per heavy atom. The smallest absolute Gasteiger partial charge is 0.100 e. The molecule has 14 heavy (non-hydrogen) atoms. The summed E-state index contributed by atoms with van der Waals surface area (Å²) in [6.45, 7) is 10.8. The molecule has 0 amide bonds. The van der Waals surface area contributed by atoms with Gasteiger partial charge in [0.25, 0.3) is 0 Å². The van der Waals surface area contributed by atoms with Gasteiger partial charge >= 0.3 is 0 Å². The molecule has 0 saturated heterocycles. The van der Waals surface area contributed by atoms with Crippen LogP contribution in [0.1, 0.15) is 66.7 Å². The molecule has 2 atom stereocenters. The van der Waals surface area contributed by atoms with E-state index in [4.69, 9.17) is 0 Å². The van der Waals surface area contributed by atoms with Crippen molar-refractivity contribution in [2.75, 3.05) is 0 Å². The fraction of sp³-hybridized carbons (Fsp3) is 1.00. The lowest BCUT2D eigenvalue weighted by atomic mass is 9.71. The van der Waals surface area contributed by atoms with E-state index in [0.717, 1.165) is 6.42 Å². The topological polar surface area (TPSA) is 0 Å². The molecule has 0 spiro atoms. The van der Waals surface area contributed by atoms with Gasteiger partial charge in [-0.05, 0) is 30.6 Å². The third kappa shape index (κ3) is 4.43.